The molecule has 1 fully saturated rings. The largest absolute Gasteiger partial charge is 0.380 e. The van der Waals surface area contributed by atoms with Crippen LogP contribution in [0.25, 0.3) is 0 Å². The van der Waals surface area contributed by atoms with Crippen LogP contribution >= 0.6 is 0 Å². The van der Waals surface area contributed by atoms with Crippen molar-refractivity contribution in [2.75, 3.05) is 20.2 Å². The summed E-state index contributed by atoms with van der Waals surface area (Å²) in [5.74, 6) is 0.727. The van der Waals surface area contributed by atoms with Crippen molar-refractivity contribution in [3.63, 3.8) is 0 Å². The summed E-state index contributed by atoms with van der Waals surface area (Å²) >= 11 is 0. The fourth-order valence-electron chi connectivity index (χ4n) is 1.83. The lowest BCUT2D eigenvalue weighted by Crippen LogP contribution is -2.46. The smallest absolute Gasteiger partial charge is 0.0724 e. The van der Waals surface area contributed by atoms with Gasteiger partial charge >= 0.3 is 0 Å². The molecule has 0 aromatic rings. The Morgan fingerprint density at radius 2 is 2.08 bits per heavy atom. The molecule has 0 bridgehead atoms. The number of hydrogen-bond donors (Lipinski definition) is 0. The normalized spacial score (nSPS) is 32.8. The van der Waals surface area contributed by atoms with Crippen molar-refractivity contribution >= 4 is 0 Å². The third-order valence-electron chi connectivity index (χ3n) is 2.95. The predicted octanol–water partition coefficient (Wildman–Crippen LogP) is 1.75. The number of hydrogen-bond acceptors (Lipinski definition) is 2. The molecule has 0 aromatic heterocycles. The molecule has 12 heavy (non-hydrogen) atoms. The summed E-state index contributed by atoms with van der Waals surface area (Å²) in [5.41, 5.74) is 0. The topological polar surface area (TPSA) is 12.5 Å². The molecule has 1 aliphatic rings. The minimum absolute atomic E-state index is 0.446. The SMILES string of the molecule is CO[C@@H]1CN(C(C)C)CC[C@@H]1C. The number of likely N-dealkylation sites (tertiary alicyclic amines) is 1. The maximum absolute atomic E-state index is 5.44. The zero-order valence-corrected chi connectivity index (χ0v) is 8.71. The van der Waals surface area contributed by atoms with Crippen LogP contribution in [0, 0.1) is 5.92 Å². The van der Waals surface area contributed by atoms with Crippen LogP contribution in [0.5, 0.6) is 0 Å². The lowest BCUT2D eigenvalue weighted by atomic mass is 9.95. The van der Waals surface area contributed by atoms with Crippen molar-refractivity contribution in [3.8, 4) is 0 Å². The second-order valence-corrected chi connectivity index (χ2v) is 4.13. The second-order valence-electron chi connectivity index (χ2n) is 4.13. The van der Waals surface area contributed by atoms with Crippen LogP contribution in [0.4, 0.5) is 0 Å². The molecule has 0 unspecified atom stereocenters. The molecule has 1 rings (SSSR count). The Bertz CT molecular complexity index is 136. The van der Waals surface area contributed by atoms with E-state index in [4.69, 9.17) is 4.74 Å². The van der Waals surface area contributed by atoms with Gasteiger partial charge in [0.15, 0.2) is 0 Å². The van der Waals surface area contributed by atoms with Gasteiger partial charge < -0.3 is 4.74 Å². The van der Waals surface area contributed by atoms with E-state index in [0.717, 1.165) is 12.5 Å². The molecule has 2 nitrogen and oxygen atoms in total. The highest BCUT2D eigenvalue weighted by Gasteiger charge is 2.26. The maximum atomic E-state index is 5.44. The van der Waals surface area contributed by atoms with Crippen molar-refractivity contribution < 1.29 is 4.74 Å². The highest BCUT2D eigenvalue weighted by molar-refractivity contribution is 4.79. The van der Waals surface area contributed by atoms with Gasteiger partial charge in [0.25, 0.3) is 0 Å². The van der Waals surface area contributed by atoms with Crippen LogP contribution in [0.1, 0.15) is 27.2 Å². The van der Waals surface area contributed by atoms with E-state index in [1.165, 1.54) is 13.0 Å². The maximum Gasteiger partial charge on any atom is 0.0724 e. The highest BCUT2D eigenvalue weighted by Crippen LogP contribution is 2.20. The Hall–Kier alpha value is -0.0800. The summed E-state index contributed by atoms with van der Waals surface area (Å²) in [6, 6.07) is 0.662. The molecule has 0 spiro atoms. The number of ether oxygens (including phenoxy) is 1. The second kappa shape index (κ2) is 4.24. The van der Waals surface area contributed by atoms with Gasteiger partial charge in [0.2, 0.25) is 0 Å². The Morgan fingerprint density at radius 1 is 1.42 bits per heavy atom. The van der Waals surface area contributed by atoms with Crippen molar-refractivity contribution in [3.05, 3.63) is 0 Å². The molecule has 0 radical (unpaired) electrons. The zero-order chi connectivity index (χ0) is 9.14. The first-order chi connectivity index (χ1) is 5.65. The highest BCUT2D eigenvalue weighted by atomic mass is 16.5. The van der Waals surface area contributed by atoms with Crippen LogP contribution in [0.15, 0.2) is 0 Å². The van der Waals surface area contributed by atoms with Crippen LogP contribution in [0.2, 0.25) is 0 Å². The lowest BCUT2D eigenvalue weighted by molar-refractivity contribution is -0.0143. The molecule has 0 aliphatic carbocycles. The first-order valence-electron chi connectivity index (χ1n) is 4.92. The van der Waals surface area contributed by atoms with Crippen molar-refractivity contribution in [2.24, 2.45) is 5.92 Å². The quantitative estimate of drug-likeness (QED) is 0.627. The third-order valence-corrected chi connectivity index (χ3v) is 2.95. The standard InChI is InChI=1S/C10H21NO/c1-8(2)11-6-5-9(3)10(7-11)12-4/h8-10H,5-7H2,1-4H3/t9-,10+/m0/s1. The van der Waals surface area contributed by atoms with Gasteiger partial charge in [-0.05, 0) is 32.7 Å². The first-order valence-corrected chi connectivity index (χ1v) is 4.92. The molecular formula is C10H21NO. The number of nitrogens with zero attached hydrogens (tertiary/aromatic N) is 1. The first kappa shape index (κ1) is 10.0. The molecule has 0 saturated carbocycles. The molecule has 0 aromatic carbocycles. The molecule has 1 aliphatic heterocycles. The van der Waals surface area contributed by atoms with Crippen LogP contribution in [-0.4, -0.2) is 37.2 Å². The Kier molecular flexibility index (Phi) is 3.53. The van der Waals surface area contributed by atoms with Gasteiger partial charge in [-0.2, -0.15) is 0 Å². The van der Waals surface area contributed by atoms with Gasteiger partial charge in [-0.25, -0.2) is 0 Å². The summed E-state index contributed by atoms with van der Waals surface area (Å²) in [4.78, 5) is 2.49. The van der Waals surface area contributed by atoms with Gasteiger partial charge in [0.1, 0.15) is 0 Å². The van der Waals surface area contributed by atoms with E-state index in [1.54, 1.807) is 0 Å². The van der Waals surface area contributed by atoms with E-state index in [0.29, 0.717) is 12.1 Å². The summed E-state index contributed by atoms with van der Waals surface area (Å²) in [6.07, 6.45) is 1.72. The summed E-state index contributed by atoms with van der Waals surface area (Å²) in [6.45, 7) is 9.13. The number of piperidine rings is 1. The lowest BCUT2D eigenvalue weighted by Gasteiger charge is -2.38. The van der Waals surface area contributed by atoms with Crippen molar-refractivity contribution in [1.82, 2.24) is 4.90 Å². The molecule has 1 heterocycles. The monoisotopic (exact) mass is 171 g/mol. The van der Waals surface area contributed by atoms with Crippen LogP contribution in [0.3, 0.4) is 0 Å². The fourth-order valence-corrected chi connectivity index (χ4v) is 1.83. The van der Waals surface area contributed by atoms with E-state index < -0.39 is 0 Å². The van der Waals surface area contributed by atoms with Gasteiger partial charge in [-0.15, -0.1) is 0 Å². The average Bonchev–Trinajstić information content (AvgIpc) is 2.05. The van der Waals surface area contributed by atoms with E-state index >= 15 is 0 Å². The molecule has 2 atom stereocenters. The van der Waals surface area contributed by atoms with Crippen molar-refractivity contribution in [2.45, 2.75) is 39.3 Å². The molecule has 1 saturated heterocycles. The van der Waals surface area contributed by atoms with Gasteiger partial charge in [0, 0.05) is 19.7 Å². The van der Waals surface area contributed by atoms with Gasteiger partial charge in [-0.3, -0.25) is 4.90 Å². The molecule has 0 amide bonds. The number of rotatable bonds is 2. The fraction of sp³-hybridized carbons (Fsp3) is 1.00. The van der Waals surface area contributed by atoms with Gasteiger partial charge in [-0.1, -0.05) is 6.92 Å². The molecule has 0 N–H and O–H groups in total. The predicted molar refractivity (Wildman–Crippen MR) is 51.3 cm³/mol. The summed E-state index contributed by atoms with van der Waals surface area (Å²) < 4.78 is 5.44. The van der Waals surface area contributed by atoms with Crippen LogP contribution in [-0.2, 0) is 4.74 Å². The van der Waals surface area contributed by atoms with Crippen molar-refractivity contribution in [1.29, 1.82) is 0 Å². The molecular weight excluding hydrogens is 150 g/mol. The minimum atomic E-state index is 0.446. The molecule has 2 heteroatoms. The minimum Gasteiger partial charge on any atom is -0.380 e. The van der Waals surface area contributed by atoms with Crippen LogP contribution < -0.4 is 0 Å². The Morgan fingerprint density at radius 3 is 2.58 bits per heavy atom. The summed E-state index contributed by atoms with van der Waals surface area (Å²) in [7, 11) is 1.82. The summed E-state index contributed by atoms with van der Waals surface area (Å²) in [5, 5.41) is 0. The van der Waals surface area contributed by atoms with E-state index in [-0.39, 0.29) is 0 Å². The Balaban J connectivity index is 2.44. The Labute approximate surface area is 75.9 Å². The van der Waals surface area contributed by atoms with Gasteiger partial charge in [0.05, 0.1) is 6.10 Å². The van der Waals surface area contributed by atoms with E-state index in [9.17, 15) is 0 Å². The number of methoxy groups -OCH3 is 1. The average molecular weight is 171 g/mol. The molecule has 72 valence electrons. The van der Waals surface area contributed by atoms with E-state index in [1.807, 2.05) is 7.11 Å². The third kappa shape index (κ3) is 2.20. The zero-order valence-electron chi connectivity index (χ0n) is 8.71. The van der Waals surface area contributed by atoms with E-state index in [2.05, 4.69) is 25.7 Å².